The SMILES string of the molecule is CCc1nnc(SCC(=O)O)n1C1Cc2ccccc2C1. The molecule has 1 aromatic carbocycles. The Hall–Kier alpha value is -1.82. The van der Waals surface area contributed by atoms with E-state index in [0.717, 1.165) is 25.1 Å². The van der Waals surface area contributed by atoms with Crippen molar-refractivity contribution in [1.29, 1.82) is 0 Å². The largest absolute Gasteiger partial charge is 0.481 e. The number of nitrogens with zero attached hydrogens (tertiary/aromatic N) is 3. The molecule has 0 atom stereocenters. The molecule has 1 aliphatic rings. The van der Waals surface area contributed by atoms with Gasteiger partial charge in [0, 0.05) is 12.5 Å². The van der Waals surface area contributed by atoms with Crippen LogP contribution in [0.2, 0.25) is 0 Å². The number of hydrogen-bond acceptors (Lipinski definition) is 4. The van der Waals surface area contributed by atoms with E-state index in [9.17, 15) is 4.79 Å². The van der Waals surface area contributed by atoms with Gasteiger partial charge in [0.25, 0.3) is 0 Å². The molecule has 0 fully saturated rings. The first-order valence-electron chi connectivity index (χ1n) is 7.04. The molecule has 5 nitrogen and oxygen atoms in total. The number of aromatic nitrogens is 3. The number of hydrogen-bond donors (Lipinski definition) is 1. The summed E-state index contributed by atoms with van der Waals surface area (Å²) >= 11 is 1.25. The predicted octanol–water partition coefficient (Wildman–Crippen LogP) is 2.36. The summed E-state index contributed by atoms with van der Waals surface area (Å²) in [6.07, 6.45) is 2.72. The predicted molar refractivity (Wildman–Crippen MR) is 80.6 cm³/mol. The van der Waals surface area contributed by atoms with Crippen molar-refractivity contribution in [1.82, 2.24) is 14.8 Å². The Morgan fingerprint density at radius 3 is 2.57 bits per heavy atom. The zero-order chi connectivity index (χ0) is 14.8. The number of benzene rings is 1. The summed E-state index contributed by atoms with van der Waals surface area (Å²) in [4.78, 5) is 10.8. The summed E-state index contributed by atoms with van der Waals surface area (Å²) in [5.74, 6) is 0.115. The minimum absolute atomic E-state index is 0.0154. The second-order valence-electron chi connectivity index (χ2n) is 5.14. The maximum atomic E-state index is 10.8. The van der Waals surface area contributed by atoms with Crippen LogP contribution in [0, 0.1) is 0 Å². The van der Waals surface area contributed by atoms with E-state index in [2.05, 4.69) is 39.0 Å². The molecule has 3 rings (SSSR count). The van der Waals surface area contributed by atoms with Crippen molar-refractivity contribution in [2.45, 2.75) is 37.4 Å². The molecule has 2 aromatic rings. The fourth-order valence-electron chi connectivity index (χ4n) is 2.86. The maximum absolute atomic E-state index is 10.8. The normalized spacial score (nSPS) is 14.3. The molecule has 1 aliphatic carbocycles. The van der Waals surface area contributed by atoms with E-state index in [0.29, 0.717) is 11.2 Å². The van der Waals surface area contributed by atoms with Gasteiger partial charge in [-0.3, -0.25) is 4.79 Å². The molecule has 1 heterocycles. The third-order valence-electron chi connectivity index (χ3n) is 3.77. The lowest BCUT2D eigenvalue weighted by Crippen LogP contribution is -2.14. The quantitative estimate of drug-likeness (QED) is 0.859. The van der Waals surface area contributed by atoms with Crippen LogP contribution in [-0.4, -0.2) is 31.6 Å². The zero-order valence-corrected chi connectivity index (χ0v) is 12.6. The van der Waals surface area contributed by atoms with Gasteiger partial charge in [-0.1, -0.05) is 43.0 Å². The number of thioether (sulfide) groups is 1. The molecule has 0 saturated heterocycles. The Bertz CT molecular complexity index is 644. The van der Waals surface area contributed by atoms with Gasteiger partial charge in [0.2, 0.25) is 0 Å². The van der Waals surface area contributed by atoms with Gasteiger partial charge >= 0.3 is 5.97 Å². The minimum Gasteiger partial charge on any atom is -0.481 e. The number of carboxylic acids is 1. The van der Waals surface area contributed by atoms with Crippen molar-refractivity contribution in [2.75, 3.05) is 5.75 Å². The van der Waals surface area contributed by atoms with Gasteiger partial charge in [-0.25, -0.2) is 0 Å². The number of aliphatic carboxylic acids is 1. The highest BCUT2D eigenvalue weighted by Crippen LogP contribution is 2.33. The standard InChI is InChI=1S/C15H17N3O2S/c1-2-13-16-17-15(21-9-14(19)20)18(13)12-7-10-5-3-4-6-11(10)8-12/h3-6,12H,2,7-9H2,1H3,(H,19,20). The van der Waals surface area contributed by atoms with Crippen LogP contribution in [0.3, 0.4) is 0 Å². The Morgan fingerprint density at radius 2 is 2.00 bits per heavy atom. The summed E-state index contributed by atoms with van der Waals surface area (Å²) in [6.45, 7) is 2.05. The van der Waals surface area contributed by atoms with Crippen molar-refractivity contribution in [3.63, 3.8) is 0 Å². The van der Waals surface area contributed by atoms with E-state index in [4.69, 9.17) is 5.11 Å². The average molecular weight is 303 g/mol. The van der Waals surface area contributed by atoms with E-state index in [-0.39, 0.29) is 5.75 Å². The molecule has 0 spiro atoms. The molecule has 0 amide bonds. The molecule has 1 N–H and O–H groups in total. The highest BCUT2D eigenvalue weighted by molar-refractivity contribution is 7.99. The molecule has 0 radical (unpaired) electrons. The molecule has 110 valence electrons. The lowest BCUT2D eigenvalue weighted by atomic mass is 10.1. The van der Waals surface area contributed by atoms with Crippen LogP contribution >= 0.6 is 11.8 Å². The summed E-state index contributed by atoms with van der Waals surface area (Å²) in [6, 6.07) is 8.75. The lowest BCUT2D eigenvalue weighted by Gasteiger charge is -2.16. The van der Waals surface area contributed by atoms with Crippen LogP contribution in [0.25, 0.3) is 0 Å². The first kappa shape index (κ1) is 14.1. The van der Waals surface area contributed by atoms with Gasteiger partial charge in [-0.2, -0.15) is 0 Å². The summed E-state index contributed by atoms with van der Waals surface area (Å²) in [5.41, 5.74) is 2.74. The first-order chi connectivity index (χ1) is 10.2. The van der Waals surface area contributed by atoms with Crippen LogP contribution in [0.4, 0.5) is 0 Å². The van der Waals surface area contributed by atoms with Crippen molar-refractivity contribution >= 4 is 17.7 Å². The number of aryl methyl sites for hydroxylation is 1. The first-order valence-corrected chi connectivity index (χ1v) is 8.02. The van der Waals surface area contributed by atoms with Gasteiger partial charge in [-0.05, 0) is 24.0 Å². The molecule has 0 unspecified atom stereocenters. The fourth-order valence-corrected chi connectivity index (χ4v) is 3.60. The van der Waals surface area contributed by atoms with Crippen LogP contribution in [0.15, 0.2) is 29.4 Å². The second kappa shape index (κ2) is 5.89. The average Bonchev–Trinajstić information content (AvgIpc) is 3.07. The second-order valence-corrected chi connectivity index (χ2v) is 6.08. The third kappa shape index (κ3) is 2.81. The smallest absolute Gasteiger partial charge is 0.313 e. The number of fused-ring (bicyclic) bond motifs is 1. The van der Waals surface area contributed by atoms with Crippen LogP contribution in [-0.2, 0) is 24.1 Å². The number of carboxylic acid groups (broad SMARTS) is 1. The van der Waals surface area contributed by atoms with Crippen LogP contribution < -0.4 is 0 Å². The van der Waals surface area contributed by atoms with Gasteiger partial charge in [0.05, 0.1) is 5.75 Å². The van der Waals surface area contributed by atoms with E-state index >= 15 is 0 Å². The minimum atomic E-state index is -0.831. The fraction of sp³-hybridized carbons (Fsp3) is 0.400. The van der Waals surface area contributed by atoms with E-state index in [1.807, 2.05) is 6.92 Å². The van der Waals surface area contributed by atoms with Gasteiger partial charge in [0.1, 0.15) is 5.82 Å². The van der Waals surface area contributed by atoms with E-state index < -0.39 is 5.97 Å². The third-order valence-corrected chi connectivity index (χ3v) is 4.70. The van der Waals surface area contributed by atoms with Crippen LogP contribution in [0.1, 0.15) is 29.9 Å². The molecule has 1 aromatic heterocycles. The Morgan fingerprint density at radius 1 is 1.33 bits per heavy atom. The van der Waals surface area contributed by atoms with Crippen LogP contribution in [0.5, 0.6) is 0 Å². The maximum Gasteiger partial charge on any atom is 0.313 e. The van der Waals surface area contributed by atoms with Gasteiger partial charge < -0.3 is 9.67 Å². The summed E-state index contributed by atoms with van der Waals surface area (Å²) in [7, 11) is 0. The summed E-state index contributed by atoms with van der Waals surface area (Å²) < 4.78 is 2.13. The molecule has 0 saturated carbocycles. The topological polar surface area (TPSA) is 68.0 Å². The van der Waals surface area contributed by atoms with E-state index in [1.165, 1.54) is 22.9 Å². The Labute approximate surface area is 127 Å². The zero-order valence-electron chi connectivity index (χ0n) is 11.8. The molecule has 0 aliphatic heterocycles. The van der Waals surface area contributed by atoms with Gasteiger partial charge in [-0.15, -0.1) is 10.2 Å². The number of carbonyl (C=O) groups is 1. The molecule has 21 heavy (non-hydrogen) atoms. The van der Waals surface area contributed by atoms with Crippen molar-refractivity contribution in [3.05, 3.63) is 41.2 Å². The molecular weight excluding hydrogens is 286 g/mol. The Balaban J connectivity index is 1.88. The Kier molecular flexibility index (Phi) is 3.96. The summed E-state index contributed by atoms with van der Waals surface area (Å²) in [5, 5.41) is 18.0. The molecule has 6 heteroatoms. The number of rotatable bonds is 5. The lowest BCUT2D eigenvalue weighted by molar-refractivity contribution is -0.133. The van der Waals surface area contributed by atoms with Crippen molar-refractivity contribution in [2.24, 2.45) is 0 Å². The van der Waals surface area contributed by atoms with Gasteiger partial charge in [0.15, 0.2) is 5.16 Å². The van der Waals surface area contributed by atoms with E-state index in [1.54, 1.807) is 0 Å². The molecule has 0 bridgehead atoms. The highest BCUT2D eigenvalue weighted by atomic mass is 32.2. The van der Waals surface area contributed by atoms with Crippen molar-refractivity contribution in [3.8, 4) is 0 Å². The highest BCUT2D eigenvalue weighted by Gasteiger charge is 2.27. The van der Waals surface area contributed by atoms with Crippen molar-refractivity contribution < 1.29 is 9.90 Å². The monoisotopic (exact) mass is 303 g/mol. The molecular formula is C15H17N3O2S.